The van der Waals surface area contributed by atoms with Crippen molar-refractivity contribution >= 4 is 17.1 Å². The molecule has 0 aromatic heterocycles. The van der Waals surface area contributed by atoms with Gasteiger partial charge in [0.15, 0.2) is 0 Å². The molecule has 0 spiro atoms. The zero-order valence-corrected chi connectivity index (χ0v) is 13.1. The van der Waals surface area contributed by atoms with E-state index < -0.39 is 14.8 Å². The van der Waals surface area contributed by atoms with Crippen LogP contribution in [-0.2, 0) is 0 Å². The third kappa shape index (κ3) is 2.67. The lowest BCUT2D eigenvalue weighted by Gasteiger charge is -2.13. The summed E-state index contributed by atoms with van der Waals surface area (Å²) in [6, 6.07) is 5.37. The molecule has 2 aromatic rings. The highest BCUT2D eigenvalue weighted by molar-refractivity contribution is 5.81. The number of non-ortho nitro benzene ring substituents is 1. The minimum absolute atomic E-state index is 0.00865. The molecular formula is C15H13N3O6. The molecule has 0 fully saturated rings. The Hall–Kier alpha value is -3.36. The fraction of sp³-hybridized carbons (Fsp3) is 0.200. The summed E-state index contributed by atoms with van der Waals surface area (Å²) in [6.45, 7) is 4.37. The highest BCUT2D eigenvalue weighted by Crippen LogP contribution is 2.42. The fourth-order valence-electron chi connectivity index (χ4n) is 2.92. The third-order valence-electron chi connectivity index (χ3n) is 3.90. The van der Waals surface area contributed by atoms with E-state index in [4.69, 9.17) is 0 Å². The van der Waals surface area contributed by atoms with Crippen LogP contribution in [0.4, 0.5) is 17.1 Å². The molecule has 24 heavy (non-hydrogen) atoms. The highest BCUT2D eigenvalue weighted by atomic mass is 16.6. The molecule has 0 atom stereocenters. The van der Waals surface area contributed by atoms with Crippen LogP contribution >= 0.6 is 0 Å². The molecule has 9 nitrogen and oxygen atoms in total. The molecule has 0 aliphatic heterocycles. The zero-order chi connectivity index (χ0) is 18.2. The minimum Gasteiger partial charge on any atom is -0.258 e. The Morgan fingerprint density at radius 3 is 1.42 bits per heavy atom. The second-order valence-electron chi connectivity index (χ2n) is 5.27. The van der Waals surface area contributed by atoms with Crippen LogP contribution in [0.1, 0.15) is 16.7 Å². The first-order valence-electron chi connectivity index (χ1n) is 6.84. The van der Waals surface area contributed by atoms with Gasteiger partial charge in [-0.3, -0.25) is 30.3 Å². The van der Waals surface area contributed by atoms with E-state index in [1.54, 1.807) is 0 Å². The maximum atomic E-state index is 11.3. The molecule has 0 radical (unpaired) electrons. The largest absolute Gasteiger partial charge is 0.282 e. The van der Waals surface area contributed by atoms with Gasteiger partial charge in [0.05, 0.1) is 14.8 Å². The van der Waals surface area contributed by atoms with Crippen LogP contribution in [-0.4, -0.2) is 14.8 Å². The number of nitro benzene ring substituents is 3. The molecule has 9 heteroatoms. The Morgan fingerprint density at radius 1 is 0.667 bits per heavy atom. The predicted octanol–water partition coefficient (Wildman–Crippen LogP) is 4.00. The van der Waals surface area contributed by atoms with Crippen LogP contribution in [0.3, 0.4) is 0 Å². The smallest absolute Gasteiger partial charge is 0.258 e. The summed E-state index contributed by atoms with van der Waals surface area (Å²) in [7, 11) is 0. The Kier molecular flexibility index (Phi) is 4.27. The van der Waals surface area contributed by atoms with Gasteiger partial charge in [0.2, 0.25) is 0 Å². The maximum absolute atomic E-state index is 11.3. The van der Waals surface area contributed by atoms with Gasteiger partial charge in [-0.15, -0.1) is 0 Å². The lowest BCUT2D eigenvalue weighted by Crippen LogP contribution is -2.05. The third-order valence-corrected chi connectivity index (χ3v) is 3.90. The van der Waals surface area contributed by atoms with Gasteiger partial charge in [0, 0.05) is 28.8 Å². The van der Waals surface area contributed by atoms with E-state index in [0.717, 1.165) is 0 Å². The molecule has 0 bridgehead atoms. The maximum Gasteiger partial charge on any atom is 0.282 e. The van der Waals surface area contributed by atoms with Crippen molar-refractivity contribution in [2.24, 2.45) is 0 Å². The van der Waals surface area contributed by atoms with E-state index in [-0.39, 0.29) is 33.8 Å². The van der Waals surface area contributed by atoms with Crippen molar-refractivity contribution in [3.8, 4) is 11.1 Å². The Balaban J connectivity index is 2.85. The monoisotopic (exact) mass is 331 g/mol. The van der Waals surface area contributed by atoms with E-state index in [2.05, 4.69) is 0 Å². The van der Waals surface area contributed by atoms with E-state index in [1.165, 1.54) is 45.0 Å². The van der Waals surface area contributed by atoms with Gasteiger partial charge in [-0.25, -0.2) is 0 Å². The predicted molar refractivity (Wildman–Crippen MR) is 86.1 cm³/mol. The fourth-order valence-corrected chi connectivity index (χ4v) is 2.92. The summed E-state index contributed by atoms with van der Waals surface area (Å²) < 4.78 is 0. The van der Waals surface area contributed by atoms with E-state index in [9.17, 15) is 30.3 Å². The van der Waals surface area contributed by atoms with Crippen molar-refractivity contribution in [2.75, 3.05) is 0 Å². The number of benzene rings is 2. The molecule has 0 aliphatic rings. The number of nitro groups is 3. The summed E-state index contributed by atoms with van der Waals surface area (Å²) in [5, 5.41) is 33.4. The summed E-state index contributed by atoms with van der Waals surface area (Å²) in [5.74, 6) is 0. The summed E-state index contributed by atoms with van der Waals surface area (Å²) in [6.07, 6.45) is 0. The number of hydrogen-bond donors (Lipinski definition) is 0. The van der Waals surface area contributed by atoms with Gasteiger partial charge in [0.25, 0.3) is 17.1 Å². The second-order valence-corrected chi connectivity index (χ2v) is 5.27. The van der Waals surface area contributed by atoms with Gasteiger partial charge in [-0.1, -0.05) is 0 Å². The lowest BCUT2D eigenvalue weighted by molar-refractivity contribution is -0.395. The Labute approximate surface area is 136 Å². The Morgan fingerprint density at radius 2 is 1.08 bits per heavy atom. The van der Waals surface area contributed by atoms with Crippen molar-refractivity contribution < 1.29 is 14.8 Å². The standard InChI is InChI=1S/C15H13N3O6/c1-8-13(11-4-6-12(7-5-11)16(19)20)9(2)15(18(23)24)10(3)14(8)17(21)22/h4-7H,1-3H3. The highest BCUT2D eigenvalue weighted by Gasteiger charge is 2.31. The van der Waals surface area contributed by atoms with Crippen LogP contribution < -0.4 is 0 Å². The van der Waals surface area contributed by atoms with E-state index >= 15 is 0 Å². The molecule has 0 aliphatic carbocycles. The van der Waals surface area contributed by atoms with Crippen LogP contribution in [0.5, 0.6) is 0 Å². The lowest BCUT2D eigenvalue weighted by atomic mass is 9.90. The van der Waals surface area contributed by atoms with Gasteiger partial charge in [0.1, 0.15) is 5.56 Å². The summed E-state index contributed by atoms with van der Waals surface area (Å²) in [5.41, 5.74) is 0.580. The molecule has 0 amide bonds. The minimum atomic E-state index is -0.647. The first kappa shape index (κ1) is 17.0. The summed E-state index contributed by atoms with van der Waals surface area (Å²) in [4.78, 5) is 31.6. The number of hydrogen-bond acceptors (Lipinski definition) is 6. The second kappa shape index (κ2) is 6.03. The number of rotatable bonds is 4. The molecular weight excluding hydrogens is 318 g/mol. The normalized spacial score (nSPS) is 10.5. The van der Waals surface area contributed by atoms with Gasteiger partial charge in [-0.2, -0.15) is 0 Å². The molecule has 2 rings (SSSR count). The molecule has 0 saturated heterocycles. The average Bonchev–Trinajstić information content (AvgIpc) is 2.46. The molecule has 0 unspecified atom stereocenters. The van der Waals surface area contributed by atoms with E-state index in [0.29, 0.717) is 11.1 Å². The summed E-state index contributed by atoms with van der Waals surface area (Å²) >= 11 is 0. The van der Waals surface area contributed by atoms with Crippen molar-refractivity contribution in [2.45, 2.75) is 20.8 Å². The first-order valence-corrected chi connectivity index (χ1v) is 6.84. The molecule has 0 saturated carbocycles. The molecule has 2 aromatic carbocycles. The molecule has 124 valence electrons. The topological polar surface area (TPSA) is 129 Å². The van der Waals surface area contributed by atoms with Crippen LogP contribution in [0, 0.1) is 51.1 Å². The molecule has 0 heterocycles. The van der Waals surface area contributed by atoms with Crippen molar-refractivity contribution in [1.82, 2.24) is 0 Å². The van der Waals surface area contributed by atoms with Gasteiger partial charge >= 0.3 is 0 Å². The first-order chi connectivity index (χ1) is 11.2. The van der Waals surface area contributed by atoms with Crippen LogP contribution in [0.2, 0.25) is 0 Å². The SMILES string of the molecule is Cc1c(-c2ccc([N+](=O)[O-])cc2)c(C)c([N+](=O)[O-])c(C)c1[N+](=O)[O-]. The Bertz CT molecular complexity index is 833. The molecule has 0 N–H and O–H groups in total. The van der Waals surface area contributed by atoms with Crippen LogP contribution in [0.15, 0.2) is 24.3 Å². The van der Waals surface area contributed by atoms with Gasteiger partial charge < -0.3 is 0 Å². The zero-order valence-electron chi connectivity index (χ0n) is 13.1. The van der Waals surface area contributed by atoms with Gasteiger partial charge in [-0.05, 0) is 38.5 Å². The quantitative estimate of drug-likeness (QED) is 0.614. The van der Waals surface area contributed by atoms with E-state index in [1.807, 2.05) is 0 Å². The van der Waals surface area contributed by atoms with Crippen molar-refractivity contribution in [3.63, 3.8) is 0 Å². The van der Waals surface area contributed by atoms with Crippen molar-refractivity contribution in [1.29, 1.82) is 0 Å². The van der Waals surface area contributed by atoms with Crippen molar-refractivity contribution in [3.05, 3.63) is 71.3 Å². The number of nitrogens with zero attached hydrogens (tertiary/aromatic N) is 3. The van der Waals surface area contributed by atoms with Crippen LogP contribution in [0.25, 0.3) is 11.1 Å². The average molecular weight is 331 g/mol.